The molecule has 9 nitrogen and oxygen atoms in total. The van der Waals surface area contributed by atoms with Gasteiger partial charge in [-0.05, 0) is 36.3 Å². The number of ether oxygens (including phenoxy) is 2. The highest BCUT2D eigenvalue weighted by Crippen LogP contribution is 2.43. The largest absolute Gasteiger partial charge is 0.457 e. The molecule has 1 fully saturated rings. The molecule has 1 aliphatic rings. The highest BCUT2D eigenvalue weighted by molar-refractivity contribution is 6.74. The lowest BCUT2D eigenvalue weighted by molar-refractivity contribution is -0.153. The Balaban J connectivity index is 2.52. The maximum absolute atomic E-state index is 12.7. The third kappa shape index (κ3) is 6.36. The summed E-state index contributed by atoms with van der Waals surface area (Å²) in [6.07, 6.45) is -1.68. The quantitative estimate of drug-likeness (QED) is 0.436. The molecule has 0 amide bonds. The summed E-state index contributed by atoms with van der Waals surface area (Å²) in [5.41, 5.74) is -1.12. The van der Waals surface area contributed by atoms with Crippen LogP contribution in [0.2, 0.25) is 36.3 Å². The van der Waals surface area contributed by atoms with Gasteiger partial charge >= 0.3 is 11.7 Å². The van der Waals surface area contributed by atoms with E-state index in [1.165, 1.54) is 23.8 Å². The predicted molar refractivity (Wildman–Crippen MR) is 136 cm³/mol. The van der Waals surface area contributed by atoms with Gasteiger partial charge in [-0.25, -0.2) is 4.79 Å². The Morgan fingerprint density at radius 3 is 2.06 bits per heavy atom. The molecule has 0 saturated carbocycles. The summed E-state index contributed by atoms with van der Waals surface area (Å²) in [5, 5.41) is -0.154. The van der Waals surface area contributed by atoms with Crippen molar-refractivity contribution in [2.75, 3.05) is 6.61 Å². The minimum atomic E-state index is -2.38. The van der Waals surface area contributed by atoms with Crippen LogP contribution in [0.3, 0.4) is 0 Å². The van der Waals surface area contributed by atoms with Crippen LogP contribution >= 0.6 is 0 Å². The number of nitrogens with one attached hydrogen (secondary N) is 1. The first-order chi connectivity index (χ1) is 15.3. The van der Waals surface area contributed by atoms with Crippen molar-refractivity contribution in [3.63, 3.8) is 0 Å². The van der Waals surface area contributed by atoms with E-state index in [4.69, 9.17) is 18.3 Å². The molecule has 0 radical (unpaired) electrons. The first-order valence-electron chi connectivity index (χ1n) is 11.7. The molecule has 34 heavy (non-hydrogen) atoms. The molecule has 1 N–H and O–H groups in total. The summed E-state index contributed by atoms with van der Waals surface area (Å²) < 4.78 is 26.5. The first-order valence-corrected chi connectivity index (χ1v) is 17.5. The van der Waals surface area contributed by atoms with Gasteiger partial charge in [0.05, 0.1) is 6.61 Å². The normalized spacial score (nSPS) is 24.3. The predicted octanol–water partition coefficient (Wildman–Crippen LogP) is 3.78. The molecular weight excluding hydrogens is 472 g/mol. The van der Waals surface area contributed by atoms with Crippen molar-refractivity contribution in [2.45, 2.75) is 109 Å². The molecule has 1 aliphatic heterocycles. The Morgan fingerprint density at radius 1 is 1.03 bits per heavy atom. The molecule has 2 heterocycles. The van der Waals surface area contributed by atoms with Gasteiger partial charge in [-0.1, -0.05) is 41.5 Å². The van der Waals surface area contributed by atoms with E-state index in [0.717, 1.165) is 0 Å². The van der Waals surface area contributed by atoms with Crippen LogP contribution in [-0.2, 0) is 23.1 Å². The molecule has 4 atom stereocenters. The van der Waals surface area contributed by atoms with Crippen LogP contribution in [0.5, 0.6) is 0 Å². The number of aromatic nitrogens is 2. The third-order valence-corrected chi connectivity index (χ3v) is 16.3. The number of esters is 1. The van der Waals surface area contributed by atoms with E-state index in [1.54, 1.807) is 0 Å². The van der Waals surface area contributed by atoms with Crippen LogP contribution in [-0.4, -0.2) is 57.1 Å². The molecule has 1 aromatic rings. The van der Waals surface area contributed by atoms with Crippen LogP contribution in [0.15, 0.2) is 21.9 Å². The highest BCUT2D eigenvalue weighted by Gasteiger charge is 2.53. The summed E-state index contributed by atoms with van der Waals surface area (Å²) in [6, 6.07) is 1.26. The van der Waals surface area contributed by atoms with Crippen LogP contribution < -0.4 is 11.2 Å². The van der Waals surface area contributed by atoms with Gasteiger partial charge in [0.25, 0.3) is 5.56 Å². The van der Waals surface area contributed by atoms with E-state index in [9.17, 15) is 14.4 Å². The molecule has 1 aromatic heterocycles. The van der Waals surface area contributed by atoms with E-state index >= 15 is 0 Å². The van der Waals surface area contributed by atoms with E-state index < -0.39 is 58.4 Å². The van der Waals surface area contributed by atoms with Crippen LogP contribution in [0.4, 0.5) is 0 Å². The third-order valence-electron chi connectivity index (χ3n) is 7.36. The Labute approximate surface area is 204 Å². The number of hydrogen-bond donors (Lipinski definition) is 1. The molecule has 2 rings (SSSR count). The van der Waals surface area contributed by atoms with Crippen molar-refractivity contribution in [1.29, 1.82) is 0 Å². The number of aromatic amines is 1. The number of carbonyl (C=O) groups is 1. The van der Waals surface area contributed by atoms with Crippen molar-refractivity contribution in [2.24, 2.45) is 0 Å². The van der Waals surface area contributed by atoms with Crippen molar-refractivity contribution in [3.8, 4) is 0 Å². The maximum atomic E-state index is 12.7. The molecule has 1 unspecified atom stereocenters. The zero-order valence-corrected chi connectivity index (χ0v) is 24.5. The SMILES string of the molecule is CC(=O)O[C@H]1[C@@H](CO[Si](C)(C)C(C)(C)C)OC(n2ccc(=O)[nH]c2=O)[C@@H]1O[Si](C)(C)C(C)(C)C. The number of rotatable bonds is 7. The minimum absolute atomic E-state index is 0.0190. The molecular formula is C23H42N2O7Si2. The molecule has 0 bridgehead atoms. The van der Waals surface area contributed by atoms with Gasteiger partial charge in [-0.3, -0.25) is 19.1 Å². The van der Waals surface area contributed by atoms with Gasteiger partial charge in [0.15, 0.2) is 29.0 Å². The van der Waals surface area contributed by atoms with Crippen LogP contribution in [0.1, 0.15) is 54.7 Å². The Morgan fingerprint density at radius 2 is 1.59 bits per heavy atom. The van der Waals surface area contributed by atoms with Gasteiger partial charge in [-0.2, -0.15) is 0 Å². The summed E-state index contributed by atoms with van der Waals surface area (Å²) in [7, 11) is -4.50. The lowest BCUT2D eigenvalue weighted by Gasteiger charge is -2.40. The van der Waals surface area contributed by atoms with Crippen LogP contribution in [0.25, 0.3) is 0 Å². The summed E-state index contributed by atoms with van der Waals surface area (Å²) in [6.45, 7) is 22.7. The second kappa shape index (κ2) is 9.84. The fourth-order valence-corrected chi connectivity index (χ4v) is 5.48. The number of nitrogens with zero attached hydrogens (tertiary/aromatic N) is 1. The fraction of sp³-hybridized carbons (Fsp3) is 0.783. The number of hydrogen-bond acceptors (Lipinski definition) is 7. The molecule has 0 aliphatic carbocycles. The first kappa shape index (κ1) is 28.7. The van der Waals surface area contributed by atoms with Gasteiger partial charge in [0, 0.05) is 19.2 Å². The van der Waals surface area contributed by atoms with E-state index in [-0.39, 0.29) is 16.7 Å². The lowest BCUT2D eigenvalue weighted by Crippen LogP contribution is -2.51. The number of carbonyl (C=O) groups excluding carboxylic acids is 1. The Hall–Kier alpha value is -1.54. The van der Waals surface area contributed by atoms with Crippen molar-refractivity contribution in [1.82, 2.24) is 9.55 Å². The lowest BCUT2D eigenvalue weighted by atomic mass is 10.1. The second-order valence-electron chi connectivity index (χ2n) is 12.1. The standard InChI is InChI=1S/C23H42N2O7Si2/c1-15(26)30-18-16(14-29-33(8,9)22(2,3)4)31-20(25-13-12-17(27)24-21(25)28)19(18)32-34(10,11)23(5,6)7/h12-13,16,18-20H,14H2,1-11H3,(H,24,27,28)/t16-,18+,19-,20?/m1/s1. The fourth-order valence-electron chi connectivity index (χ4n) is 3.18. The van der Waals surface area contributed by atoms with Gasteiger partial charge in [-0.15, -0.1) is 0 Å². The molecule has 0 spiro atoms. The average Bonchev–Trinajstić information content (AvgIpc) is 2.94. The summed E-state index contributed by atoms with van der Waals surface area (Å²) in [4.78, 5) is 38.7. The maximum Gasteiger partial charge on any atom is 0.330 e. The topological polar surface area (TPSA) is 109 Å². The zero-order chi connectivity index (χ0) is 26.3. The molecule has 1 saturated heterocycles. The van der Waals surface area contributed by atoms with E-state index in [2.05, 4.69) is 72.7 Å². The second-order valence-corrected chi connectivity index (χ2v) is 21.6. The van der Waals surface area contributed by atoms with Crippen molar-refractivity contribution in [3.05, 3.63) is 33.1 Å². The number of H-pyrrole nitrogens is 1. The van der Waals surface area contributed by atoms with E-state index in [1.807, 2.05) is 0 Å². The monoisotopic (exact) mass is 514 g/mol. The van der Waals surface area contributed by atoms with E-state index in [0.29, 0.717) is 0 Å². The Kier molecular flexibility index (Phi) is 8.31. The van der Waals surface area contributed by atoms with Crippen LogP contribution in [0, 0.1) is 0 Å². The summed E-state index contributed by atoms with van der Waals surface area (Å²) >= 11 is 0. The zero-order valence-electron chi connectivity index (χ0n) is 22.5. The van der Waals surface area contributed by atoms with Gasteiger partial charge in [0.1, 0.15) is 12.2 Å². The van der Waals surface area contributed by atoms with Gasteiger partial charge < -0.3 is 18.3 Å². The van der Waals surface area contributed by atoms with Crippen molar-refractivity contribution >= 4 is 22.6 Å². The average molecular weight is 515 g/mol. The summed E-state index contributed by atoms with van der Waals surface area (Å²) in [5.74, 6) is -0.468. The smallest absolute Gasteiger partial charge is 0.330 e. The van der Waals surface area contributed by atoms with Gasteiger partial charge in [0.2, 0.25) is 0 Å². The Bertz CT molecular complexity index is 989. The molecule has 11 heteroatoms. The minimum Gasteiger partial charge on any atom is -0.457 e. The van der Waals surface area contributed by atoms with Crippen molar-refractivity contribution < 1.29 is 23.1 Å². The molecule has 194 valence electrons. The molecule has 0 aromatic carbocycles. The highest BCUT2D eigenvalue weighted by atomic mass is 28.4.